The number of carbonyl (C=O) groups is 1. The standard InChI is InChI=1S/C21H22N4O/c26-21(19-14-15-4-1-2-5-17(15)23-19)25-12-10-24(11-13-25)20-7-3-6-18-16(20)8-9-22-18/h1-9,19,22-23H,10-14H2. The van der Waals surface area contributed by atoms with E-state index < -0.39 is 0 Å². The molecule has 0 spiro atoms. The van der Waals surface area contributed by atoms with Gasteiger partial charge in [0.25, 0.3) is 0 Å². The summed E-state index contributed by atoms with van der Waals surface area (Å²) in [7, 11) is 0. The van der Waals surface area contributed by atoms with Gasteiger partial charge in [-0.3, -0.25) is 4.79 Å². The summed E-state index contributed by atoms with van der Waals surface area (Å²) >= 11 is 0. The number of aromatic nitrogens is 1. The highest BCUT2D eigenvalue weighted by Gasteiger charge is 2.31. The van der Waals surface area contributed by atoms with Gasteiger partial charge in [0.05, 0.1) is 0 Å². The average Bonchev–Trinajstić information content (AvgIpc) is 3.34. The molecule has 5 heteroatoms. The fraction of sp³-hybridized carbons (Fsp3) is 0.286. The van der Waals surface area contributed by atoms with E-state index in [2.05, 4.69) is 51.6 Å². The normalized spacial score (nSPS) is 19.5. The molecule has 1 amide bonds. The Balaban J connectivity index is 1.26. The smallest absolute Gasteiger partial charge is 0.245 e. The highest BCUT2D eigenvalue weighted by molar-refractivity contribution is 5.93. The van der Waals surface area contributed by atoms with Gasteiger partial charge in [0.15, 0.2) is 0 Å². The minimum absolute atomic E-state index is 0.118. The first-order chi connectivity index (χ1) is 12.8. The maximum Gasteiger partial charge on any atom is 0.245 e. The van der Waals surface area contributed by atoms with Gasteiger partial charge in [0, 0.05) is 61.1 Å². The third-order valence-electron chi connectivity index (χ3n) is 5.57. The largest absolute Gasteiger partial charge is 0.373 e. The number of carbonyl (C=O) groups excluding carboxylic acids is 1. The van der Waals surface area contributed by atoms with E-state index in [1.54, 1.807) is 0 Å². The van der Waals surface area contributed by atoms with Gasteiger partial charge in [-0.05, 0) is 29.8 Å². The van der Waals surface area contributed by atoms with Crippen molar-refractivity contribution in [2.45, 2.75) is 12.5 Å². The van der Waals surface area contributed by atoms with Crippen molar-refractivity contribution in [2.24, 2.45) is 0 Å². The zero-order valence-corrected chi connectivity index (χ0v) is 14.6. The second kappa shape index (κ2) is 6.09. The van der Waals surface area contributed by atoms with Crippen LogP contribution in [0.5, 0.6) is 0 Å². The first-order valence-corrected chi connectivity index (χ1v) is 9.24. The molecule has 5 nitrogen and oxygen atoms in total. The molecule has 1 fully saturated rings. The monoisotopic (exact) mass is 346 g/mol. The summed E-state index contributed by atoms with van der Waals surface area (Å²) in [5.74, 6) is 0.223. The molecule has 1 atom stereocenters. The van der Waals surface area contributed by atoms with Crippen LogP contribution in [0.15, 0.2) is 54.7 Å². The number of para-hydroxylation sites is 1. The van der Waals surface area contributed by atoms with Crippen molar-refractivity contribution in [1.29, 1.82) is 0 Å². The van der Waals surface area contributed by atoms with Crippen LogP contribution in [0.4, 0.5) is 11.4 Å². The number of nitrogens with one attached hydrogen (secondary N) is 2. The summed E-state index contributed by atoms with van der Waals surface area (Å²) in [6.45, 7) is 3.29. The zero-order valence-electron chi connectivity index (χ0n) is 14.6. The van der Waals surface area contributed by atoms with Crippen molar-refractivity contribution in [3.63, 3.8) is 0 Å². The van der Waals surface area contributed by atoms with Crippen molar-refractivity contribution in [3.8, 4) is 0 Å². The van der Waals surface area contributed by atoms with Gasteiger partial charge in [-0.25, -0.2) is 0 Å². The summed E-state index contributed by atoms with van der Waals surface area (Å²) in [4.78, 5) is 20.6. The Hall–Kier alpha value is -2.95. The molecule has 2 aliphatic rings. The third-order valence-corrected chi connectivity index (χ3v) is 5.57. The molecule has 2 aliphatic heterocycles. The van der Waals surface area contributed by atoms with E-state index in [-0.39, 0.29) is 11.9 Å². The van der Waals surface area contributed by atoms with Crippen LogP contribution in [-0.4, -0.2) is 48.0 Å². The Labute approximate surface area is 152 Å². The van der Waals surface area contributed by atoms with Crippen LogP contribution in [0.1, 0.15) is 5.56 Å². The van der Waals surface area contributed by atoms with Gasteiger partial charge < -0.3 is 20.1 Å². The number of fused-ring (bicyclic) bond motifs is 2. The molecule has 0 radical (unpaired) electrons. The van der Waals surface area contributed by atoms with Crippen LogP contribution in [0, 0.1) is 0 Å². The summed E-state index contributed by atoms with van der Waals surface area (Å²) in [6.07, 6.45) is 2.77. The molecule has 5 rings (SSSR count). The molecule has 1 saturated heterocycles. The SMILES string of the molecule is O=C(C1Cc2ccccc2N1)N1CCN(c2cccc3[nH]ccc23)CC1. The second-order valence-corrected chi connectivity index (χ2v) is 7.09. The molecular formula is C21H22N4O. The topological polar surface area (TPSA) is 51.4 Å². The van der Waals surface area contributed by atoms with Gasteiger partial charge in [-0.2, -0.15) is 0 Å². The Kier molecular flexibility index (Phi) is 3.59. The molecule has 26 heavy (non-hydrogen) atoms. The number of anilines is 2. The number of benzene rings is 2. The molecule has 1 aromatic heterocycles. The number of piperazine rings is 1. The lowest BCUT2D eigenvalue weighted by Gasteiger charge is -2.37. The van der Waals surface area contributed by atoms with Gasteiger partial charge in [0.2, 0.25) is 5.91 Å². The Bertz CT molecular complexity index is 930. The van der Waals surface area contributed by atoms with E-state index in [9.17, 15) is 4.79 Å². The van der Waals surface area contributed by atoms with Crippen molar-refractivity contribution in [2.75, 3.05) is 36.4 Å². The van der Waals surface area contributed by atoms with Crippen LogP contribution >= 0.6 is 0 Å². The Morgan fingerprint density at radius 2 is 1.81 bits per heavy atom. The number of amides is 1. The molecule has 3 aromatic rings. The highest BCUT2D eigenvalue weighted by Crippen LogP contribution is 2.28. The molecule has 0 aliphatic carbocycles. The number of aromatic amines is 1. The number of hydrogen-bond acceptors (Lipinski definition) is 3. The quantitative estimate of drug-likeness (QED) is 0.750. The Morgan fingerprint density at radius 3 is 2.65 bits per heavy atom. The molecule has 132 valence electrons. The molecule has 3 heterocycles. The predicted molar refractivity (Wildman–Crippen MR) is 105 cm³/mol. The fourth-order valence-corrected chi connectivity index (χ4v) is 4.18. The van der Waals surface area contributed by atoms with Crippen LogP contribution in [0.3, 0.4) is 0 Å². The molecule has 2 N–H and O–H groups in total. The van der Waals surface area contributed by atoms with E-state index in [0.717, 1.165) is 43.8 Å². The van der Waals surface area contributed by atoms with Crippen LogP contribution in [-0.2, 0) is 11.2 Å². The van der Waals surface area contributed by atoms with E-state index >= 15 is 0 Å². The molecule has 1 unspecified atom stereocenters. The summed E-state index contributed by atoms with van der Waals surface area (Å²) in [5, 5.41) is 4.64. The summed E-state index contributed by atoms with van der Waals surface area (Å²) in [6, 6.07) is 16.6. The lowest BCUT2D eigenvalue weighted by atomic mass is 10.1. The third kappa shape index (κ3) is 2.51. The van der Waals surface area contributed by atoms with Gasteiger partial charge in [0.1, 0.15) is 6.04 Å². The van der Waals surface area contributed by atoms with E-state index in [1.807, 2.05) is 23.2 Å². The first kappa shape index (κ1) is 15.3. The van der Waals surface area contributed by atoms with Crippen molar-refractivity contribution < 1.29 is 4.79 Å². The number of H-pyrrole nitrogens is 1. The maximum atomic E-state index is 12.9. The predicted octanol–water partition coefficient (Wildman–Crippen LogP) is 2.85. The highest BCUT2D eigenvalue weighted by atomic mass is 16.2. The summed E-state index contributed by atoms with van der Waals surface area (Å²) in [5.41, 5.74) is 4.75. The molecule has 2 aromatic carbocycles. The first-order valence-electron chi connectivity index (χ1n) is 9.24. The zero-order chi connectivity index (χ0) is 17.5. The van der Waals surface area contributed by atoms with E-state index in [4.69, 9.17) is 0 Å². The lowest BCUT2D eigenvalue weighted by Crippen LogP contribution is -2.52. The lowest BCUT2D eigenvalue weighted by molar-refractivity contribution is -0.132. The fourth-order valence-electron chi connectivity index (χ4n) is 4.18. The number of rotatable bonds is 2. The Morgan fingerprint density at radius 1 is 0.962 bits per heavy atom. The number of nitrogens with zero attached hydrogens (tertiary/aromatic N) is 2. The van der Waals surface area contributed by atoms with Crippen LogP contribution in [0.25, 0.3) is 10.9 Å². The van der Waals surface area contributed by atoms with Crippen LogP contribution in [0.2, 0.25) is 0 Å². The minimum Gasteiger partial charge on any atom is -0.373 e. The van der Waals surface area contributed by atoms with E-state index in [0.29, 0.717) is 0 Å². The molecule has 0 bridgehead atoms. The van der Waals surface area contributed by atoms with Gasteiger partial charge in [-0.15, -0.1) is 0 Å². The van der Waals surface area contributed by atoms with Gasteiger partial charge >= 0.3 is 0 Å². The summed E-state index contributed by atoms with van der Waals surface area (Å²) < 4.78 is 0. The van der Waals surface area contributed by atoms with Gasteiger partial charge in [-0.1, -0.05) is 24.3 Å². The minimum atomic E-state index is -0.118. The second-order valence-electron chi connectivity index (χ2n) is 7.09. The van der Waals surface area contributed by atoms with Crippen molar-refractivity contribution in [1.82, 2.24) is 9.88 Å². The molecule has 0 saturated carbocycles. The van der Waals surface area contributed by atoms with Crippen molar-refractivity contribution in [3.05, 3.63) is 60.3 Å². The molecular weight excluding hydrogens is 324 g/mol. The average molecular weight is 346 g/mol. The number of hydrogen-bond donors (Lipinski definition) is 2. The van der Waals surface area contributed by atoms with E-state index in [1.165, 1.54) is 16.6 Å². The maximum absolute atomic E-state index is 12.9. The van der Waals surface area contributed by atoms with Crippen LogP contribution < -0.4 is 10.2 Å². The van der Waals surface area contributed by atoms with Crippen molar-refractivity contribution >= 4 is 28.2 Å².